The Balaban J connectivity index is 1.74. The van der Waals surface area contributed by atoms with E-state index in [0.29, 0.717) is 30.9 Å². The van der Waals surface area contributed by atoms with Gasteiger partial charge in [-0.3, -0.25) is 14.6 Å². The molecular weight excluding hydrogens is 557 g/mol. The maximum absolute atomic E-state index is 13.7. The lowest BCUT2D eigenvalue weighted by molar-refractivity contribution is -0.145. The second-order valence-electron chi connectivity index (χ2n) is 11.4. The molecule has 2 aromatic carbocycles. The smallest absolute Gasteiger partial charge is 0.410 e. The number of anilines is 1. The Morgan fingerprint density at radius 3 is 2.47 bits per heavy atom. The number of nitrogens with two attached hydrogens (primary N) is 1. The molecule has 234 valence electrons. The van der Waals surface area contributed by atoms with Gasteiger partial charge in [0.2, 0.25) is 5.91 Å². The fraction of sp³-hybridized carbons (Fsp3) is 0.467. The van der Waals surface area contributed by atoms with Crippen molar-refractivity contribution < 1.29 is 28.7 Å². The second kappa shape index (κ2) is 14.2. The maximum atomic E-state index is 13.7. The molecule has 12 nitrogen and oxygen atoms in total. The van der Waals surface area contributed by atoms with Crippen molar-refractivity contribution in [3.8, 4) is 0 Å². The first-order valence-electron chi connectivity index (χ1n) is 14.1. The zero-order valence-electron chi connectivity index (χ0n) is 25.7. The highest BCUT2D eigenvalue weighted by Crippen LogP contribution is 2.26. The number of hydrazine groups is 1. The molecule has 13 heteroatoms. The van der Waals surface area contributed by atoms with E-state index in [2.05, 4.69) is 10.5 Å². The molecule has 0 aliphatic carbocycles. The quantitative estimate of drug-likeness (QED) is 0.155. The number of oxime groups is 1. The molecular formula is C30H42FN7O5. The highest BCUT2D eigenvalue weighted by Gasteiger charge is 2.28. The van der Waals surface area contributed by atoms with Crippen LogP contribution in [-0.4, -0.2) is 89.2 Å². The van der Waals surface area contributed by atoms with Crippen molar-refractivity contribution in [2.45, 2.75) is 53.3 Å². The summed E-state index contributed by atoms with van der Waals surface area (Å²) < 4.78 is 19.2. The van der Waals surface area contributed by atoms with Crippen LogP contribution in [0.25, 0.3) is 0 Å². The number of ether oxygens (including phenoxy) is 1. The van der Waals surface area contributed by atoms with Gasteiger partial charge in [-0.05, 0) is 69.5 Å². The Labute approximate surface area is 251 Å². The number of hydrogen-bond donors (Lipinski definition) is 3. The standard InChI is InChI=1S/C30H42FN7O5/c1-7-36(29(41)43-30(3,4)5)13-12-33-26(39)18-37(25-15-21(28(32)34-42)9-8-20(25)2)19-27(40)35(6)38-16-22-10-11-24(31)14-23(22)17-38/h8-11,14-15,42H,7,12-13,16-19H2,1-6H3,(H2,32,34)(H,33,39). The molecule has 0 fully saturated rings. The van der Waals surface area contributed by atoms with Crippen LogP contribution in [0.1, 0.15) is 49.9 Å². The molecule has 1 aliphatic heterocycles. The number of rotatable bonds is 11. The number of nitrogens with zero attached hydrogens (tertiary/aromatic N) is 5. The van der Waals surface area contributed by atoms with E-state index < -0.39 is 11.7 Å². The molecule has 0 unspecified atom stereocenters. The molecule has 2 aromatic rings. The van der Waals surface area contributed by atoms with E-state index in [1.165, 1.54) is 22.0 Å². The molecule has 0 aromatic heterocycles. The number of amides is 3. The van der Waals surface area contributed by atoms with Crippen molar-refractivity contribution in [3.63, 3.8) is 0 Å². The number of carbonyl (C=O) groups excluding carboxylic acids is 3. The summed E-state index contributed by atoms with van der Waals surface area (Å²) in [6.07, 6.45) is -0.470. The van der Waals surface area contributed by atoms with Crippen molar-refractivity contribution in [2.75, 3.05) is 44.7 Å². The van der Waals surface area contributed by atoms with Gasteiger partial charge < -0.3 is 30.8 Å². The molecule has 0 atom stereocenters. The van der Waals surface area contributed by atoms with E-state index in [1.807, 2.05) is 13.8 Å². The third-order valence-corrected chi connectivity index (χ3v) is 7.01. The SMILES string of the molecule is CCN(CCNC(=O)CN(CC(=O)N(C)N1Cc2ccc(F)cc2C1)c1cc(C(N)=NO)ccc1C)C(=O)OC(C)(C)C. The summed E-state index contributed by atoms with van der Waals surface area (Å²) in [5, 5.41) is 18.4. The van der Waals surface area contributed by atoms with Crippen LogP contribution < -0.4 is 16.0 Å². The van der Waals surface area contributed by atoms with E-state index in [9.17, 15) is 24.0 Å². The number of halogens is 1. The zero-order chi connectivity index (χ0) is 31.9. The van der Waals surface area contributed by atoms with Gasteiger partial charge in [-0.1, -0.05) is 23.4 Å². The lowest BCUT2D eigenvalue weighted by Crippen LogP contribution is -2.48. The highest BCUT2D eigenvalue weighted by molar-refractivity contribution is 5.98. The Morgan fingerprint density at radius 2 is 1.81 bits per heavy atom. The maximum Gasteiger partial charge on any atom is 0.410 e. The predicted molar refractivity (Wildman–Crippen MR) is 161 cm³/mol. The van der Waals surface area contributed by atoms with Crippen molar-refractivity contribution in [3.05, 3.63) is 64.5 Å². The number of aryl methyl sites for hydroxylation is 1. The summed E-state index contributed by atoms with van der Waals surface area (Å²) >= 11 is 0. The van der Waals surface area contributed by atoms with Gasteiger partial charge in [0, 0.05) is 51.0 Å². The summed E-state index contributed by atoms with van der Waals surface area (Å²) in [5.74, 6) is -1.11. The number of fused-ring (bicyclic) bond motifs is 1. The minimum absolute atomic E-state index is 0.113. The monoisotopic (exact) mass is 599 g/mol. The summed E-state index contributed by atoms with van der Waals surface area (Å²) in [5.41, 5.74) is 8.67. The van der Waals surface area contributed by atoms with Crippen LogP contribution in [-0.2, 0) is 27.4 Å². The van der Waals surface area contributed by atoms with Gasteiger partial charge >= 0.3 is 6.09 Å². The van der Waals surface area contributed by atoms with E-state index in [1.54, 1.807) is 62.0 Å². The summed E-state index contributed by atoms with van der Waals surface area (Å²) in [6, 6.07) is 9.67. The first-order valence-corrected chi connectivity index (χ1v) is 14.1. The van der Waals surface area contributed by atoms with Gasteiger partial charge in [-0.15, -0.1) is 0 Å². The third-order valence-electron chi connectivity index (χ3n) is 7.01. The minimum Gasteiger partial charge on any atom is -0.444 e. The van der Waals surface area contributed by atoms with Gasteiger partial charge in [0.1, 0.15) is 11.4 Å². The molecule has 3 amide bonds. The summed E-state index contributed by atoms with van der Waals surface area (Å²) in [4.78, 5) is 42.2. The van der Waals surface area contributed by atoms with Gasteiger partial charge in [-0.25, -0.2) is 14.2 Å². The van der Waals surface area contributed by atoms with Crippen molar-refractivity contribution in [1.29, 1.82) is 0 Å². The molecule has 0 saturated heterocycles. The predicted octanol–water partition coefficient (Wildman–Crippen LogP) is 2.80. The van der Waals surface area contributed by atoms with Gasteiger partial charge in [0.25, 0.3) is 5.91 Å². The first-order chi connectivity index (χ1) is 20.2. The Bertz CT molecular complexity index is 1360. The molecule has 4 N–H and O–H groups in total. The van der Waals surface area contributed by atoms with E-state index >= 15 is 0 Å². The van der Waals surface area contributed by atoms with Gasteiger partial charge in [0.05, 0.1) is 13.1 Å². The Hall–Kier alpha value is -4.39. The summed E-state index contributed by atoms with van der Waals surface area (Å²) in [6.45, 7) is 10.3. The fourth-order valence-electron chi connectivity index (χ4n) is 4.64. The second-order valence-corrected chi connectivity index (χ2v) is 11.4. The molecule has 1 aliphatic rings. The zero-order valence-corrected chi connectivity index (χ0v) is 25.7. The molecule has 3 rings (SSSR count). The van der Waals surface area contributed by atoms with Crippen molar-refractivity contribution in [2.24, 2.45) is 10.9 Å². The number of likely N-dealkylation sites (N-methyl/N-ethyl adjacent to an activating group) is 2. The Kier molecular flexibility index (Phi) is 10.9. The number of amidine groups is 1. The average Bonchev–Trinajstić information content (AvgIpc) is 3.36. The molecule has 0 bridgehead atoms. The number of benzene rings is 2. The highest BCUT2D eigenvalue weighted by atomic mass is 19.1. The van der Waals surface area contributed by atoms with Crippen molar-refractivity contribution >= 4 is 29.4 Å². The minimum atomic E-state index is -0.640. The molecule has 43 heavy (non-hydrogen) atoms. The Morgan fingerprint density at radius 1 is 1.12 bits per heavy atom. The van der Waals surface area contributed by atoms with Crippen LogP contribution in [0, 0.1) is 12.7 Å². The number of carbonyl (C=O) groups is 3. The van der Waals surface area contributed by atoms with Crippen LogP contribution >= 0.6 is 0 Å². The lowest BCUT2D eigenvalue weighted by Gasteiger charge is -2.32. The molecule has 0 radical (unpaired) electrons. The summed E-state index contributed by atoms with van der Waals surface area (Å²) in [7, 11) is 1.64. The molecule has 0 saturated carbocycles. The fourth-order valence-corrected chi connectivity index (χ4v) is 4.64. The van der Waals surface area contributed by atoms with E-state index in [0.717, 1.165) is 16.7 Å². The lowest BCUT2D eigenvalue weighted by atomic mass is 10.1. The van der Waals surface area contributed by atoms with Crippen LogP contribution in [0.5, 0.6) is 0 Å². The third kappa shape index (κ3) is 9.05. The van der Waals surface area contributed by atoms with Crippen LogP contribution in [0.15, 0.2) is 41.6 Å². The molecule has 1 heterocycles. The largest absolute Gasteiger partial charge is 0.444 e. The van der Waals surface area contributed by atoms with Gasteiger partial charge in [0.15, 0.2) is 5.84 Å². The van der Waals surface area contributed by atoms with Gasteiger partial charge in [-0.2, -0.15) is 0 Å². The van der Waals surface area contributed by atoms with E-state index in [4.69, 9.17) is 10.5 Å². The van der Waals surface area contributed by atoms with Crippen molar-refractivity contribution in [1.82, 2.24) is 20.2 Å². The number of nitrogens with one attached hydrogen (secondary N) is 1. The first kappa shape index (κ1) is 33.1. The van der Waals surface area contributed by atoms with Crippen LogP contribution in [0.4, 0.5) is 14.9 Å². The number of hydrogen-bond acceptors (Lipinski definition) is 8. The van der Waals surface area contributed by atoms with Crippen LogP contribution in [0.2, 0.25) is 0 Å². The average molecular weight is 600 g/mol. The molecule has 0 spiro atoms. The van der Waals surface area contributed by atoms with E-state index in [-0.39, 0.29) is 49.6 Å². The van der Waals surface area contributed by atoms with Crippen LogP contribution in [0.3, 0.4) is 0 Å². The topological polar surface area (TPSA) is 144 Å². The normalized spacial score (nSPS) is 13.3.